The second kappa shape index (κ2) is 5.61. The first-order valence-corrected chi connectivity index (χ1v) is 7.10. The van der Waals surface area contributed by atoms with E-state index in [-0.39, 0.29) is 11.1 Å². The predicted molar refractivity (Wildman–Crippen MR) is 84.1 cm³/mol. The molecule has 5 nitrogen and oxygen atoms in total. The smallest absolute Gasteiger partial charge is 0.201 e. The number of aryl methyl sites for hydroxylation is 1. The van der Waals surface area contributed by atoms with Crippen molar-refractivity contribution in [1.82, 2.24) is 0 Å². The van der Waals surface area contributed by atoms with E-state index in [0.29, 0.717) is 11.8 Å². The fourth-order valence-electron chi connectivity index (χ4n) is 2.74. The summed E-state index contributed by atoms with van der Waals surface area (Å²) < 4.78 is 0. The van der Waals surface area contributed by atoms with Crippen molar-refractivity contribution in [3.63, 3.8) is 0 Å². The molecule has 1 aliphatic carbocycles. The van der Waals surface area contributed by atoms with Crippen LogP contribution in [-0.2, 0) is 6.42 Å². The Morgan fingerprint density at radius 1 is 1.04 bits per heavy atom. The minimum absolute atomic E-state index is 0.227. The van der Waals surface area contributed by atoms with Gasteiger partial charge in [0, 0.05) is 5.56 Å². The molecule has 0 spiro atoms. The molecule has 3 rings (SSSR count). The normalized spacial score (nSPS) is 12.7. The van der Waals surface area contributed by atoms with Gasteiger partial charge in [0.1, 0.15) is 0 Å². The maximum Gasteiger partial charge on any atom is 0.201 e. The highest BCUT2D eigenvalue weighted by molar-refractivity contribution is 6.14. The van der Waals surface area contributed by atoms with E-state index in [1.165, 1.54) is 0 Å². The Morgan fingerprint density at radius 2 is 1.83 bits per heavy atom. The fraction of sp³-hybridized carbons (Fsp3) is 0.111. The van der Waals surface area contributed by atoms with Crippen LogP contribution in [0, 0.1) is 0 Å². The summed E-state index contributed by atoms with van der Waals surface area (Å²) in [5, 5.41) is 29.3. The summed E-state index contributed by atoms with van der Waals surface area (Å²) in [4.78, 5) is 23.7. The number of ketones is 1. The van der Waals surface area contributed by atoms with E-state index in [1.807, 2.05) is 18.2 Å². The van der Waals surface area contributed by atoms with Gasteiger partial charge < -0.3 is 15.3 Å². The van der Waals surface area contributed by atoms with Crippen LogP contribution in [0.2, 0.25) is 0 Å². The number of hydrogen-bond donors (Lipinski definition) is 3. The van der Waals surface area contributed by atoms with Crippen LogP contribution >= 0.6 is 0 Å². The highest BCUT2D eigenvalue weighted by Crippen LogP contribution is 2.41. The summed E-state index contributed by atoms with van der Waals surface area (Å²) in [5.41, 5.74) is 1.68. The number of hydrogen-bond acceptors (Lipinski definition) is 5. The van der Waals surface area contributed by atoms with E-state index in [0.717, 1.165) is 30.0 Å². The molecular formula is C18H14O5. The van der Waals surface area contributed by atoms with Gasteiger partial charge in [0.2, 0.25) is 5.75 Å². The topological polar surface area (TPSA) is 94.8 Å². The van der Waals surface area contributed by atoms with Crippen LogP contribution in [0.5, 0.6) is 17.2 Å². The van der Waals surface area contributed by atoms with Gasteiger partial charge in [0.15, 0.2) is 23.6 Å². The zero-order chi connectivity index (χ0) is 16.6. The summed E-state index contributed by atoms with van der Waals surface area (Å²) >= 11 is 0. The molecular weight excluding hydrogens is 296 g/mol. The average molecular weight is 310 g/mol. The Labute approximate surface area is 132 Å². The zero-order valence-corrected chi connectivity index (χ0v) is 12.1. The number of benzene rings is 2. The van der Waals surface area contributed by atoms with Crippen molar-refractivity contribution < 1.29 is 24.9 Å². The van der Waals surface area contributed by atoms with E-state index < -0.39 is 23.0 Å². The van der Waals surface area contributed by atoms with Gasteiger partial charge in [-0.3, -0.25) is 9.59 Å². The number of rotatable bonds is 3. The fourth-order valence-corrected chi connectivity index (χ4v) is 2.74. The average Bonchev–Trinajstić information content (AvgIpc) is 2.59. The largest absolute Gasteiger partial charge is 0.504 e. The lowest BCUT2D eigenvalue weighted by Crippen LogP contribution is -2.08. The molecule has 2 aromatic rings. The van der Waals surface area contributed by atoms with Crippen molar-refractivity contribution in [2.24, 2.45) is 0 Å². The third-order valence-corrected chi connectivity index (χ3v) is 3.95. The van der Waals surface area contributed by atoms with E-state index in [4.69, 9.17) is 0 Å². The Hall–Kier alpha value is -3.08. The van der Waals surface area contributed by atoms with Crippen molar-refractivity contribution >= 4 is 18.1 Å². The first-order valence-electron chi connectivity index (χ1n) is 7.10. The van der Waals surface area contributed by atoms with Gasteiger partial charge in [-0.05, 0) is 30.0 Å². The lowest BCUT2D eigenvalue weighted by molar-refractivity contribution is 0.103. The molecule has 2 aromatic carbocycles. The first-order chi connectivity index (χ1) is 11.0. The number of aromatic hydroxyl groups is 3. The van der Waals surface area contributed by atoms with Crippen molar-refractivity contribution in [2.45, 2.75) is 12.8 Å². The lowest BCUT2D eigenvalue weighted by atomic mass is 9.89. The maximum atomic E-state index is 12.8. The summed E-state index contributed by atoms with van der Waals surface area (Å²) in [5.74, 6) is -2.89. The van der Waals surface area contributed by atoms with Crippen molar-refractivity contribution in [3.8, 4) is 17.2 Å². The molecule has 0 aliphatic heterocycles. The molecule has 0 amide bonds. The Morgan fingerprint density at radius 3 is 2.57 bits per heavy atom. The highest BCUT2D eigenvalue weighted by atomic mass is 16.3. The molecule has 0 unspecified atom stereocenters. The third-order valence-electron chi connectivity index (χ3n) is 3.95. The molecule has 0 atom stereocenters. The highest BCUT2D eigenvalue weighted by Gasteiger charge is 2.24. The summed E-state index contributed by atoms with van der Waals surface area (Å²) in [7, 11) is 0. The quantitative estimate of drug-likeness (QED) is 0.460. The van der Waals surface area contributed by atoms with Crippen LogP contribution in [0.3, 0.4) is 0 Å². The minimum atomic E-state index is -0.877. The van der Waals surface area contributed by atoms with Crippen LogP contribution in [0.4, 0.5) is 0 Å². The lowest BCUT2D eigenvalue weighted by Gasteiger charge is -2.15. The molecule has 116 valence electrons. The van der Waals surface area contributed by atoms with Gasteiger partial charge in [-0.2, -0.15) is 0 Å². The molecule has 3 N–H and O–H groups in total. The van der Waals surface area contributed by atoms with Crippen LogP contribution < -0.4 is 0 Å². The monoisotopic (exact) mass is 310 g/mol. The number of aldehydes is 1. The molecule has 1 aliphatic rings. The minimum Gasteiger partial charge on any atom is -0.504 e. The van der Waals surface area contributed by atoms with E-state index >= 15 is 0 Å². The van der Waals surface area contributed by atoms with Crippen molar-refractivity contribution in [2.75, 3.05) is 0 Å². The predicted octanol–water partition coefficient (Wildman–Crippen LogP) is 2.81. The standard InChI is InChI=1S/C18H14O5/c19-9-11-8-14(17(22)18(23)15(11)20)16(21)13-7-3-5-10-4-1-2-6-12(10)13/h2-3,5-9,20,22-23H,1,4H2. The van der Waals surface area contributed by atoms with Gasteiger partial charge in [-0.1, -0.05) is 30.4 Å². The van der Waals surface area contributed by atoms with Gasteiger partial charge >= 0.3 is 0 Å². The summed E-state index contributed by atoms with van der Waals surface area (Å²) in [6, 6.07) is 6.39. The first kappa shape index (κ1) is 14.8. The Bertz CT molecular complexity index is 849. The van der Waals surface area contributed by atoms with Gasteiger partial charge in [-0.15, -0.1) is 0 Å². The number of phenols is 3. The zero-order valence-electron chi connectivity index (χ0n) is 12.1. The molecule has 0 saturated heterocycles. The van der Waals surface area contributed by atoms with Crippen LogP contribution in [-0.4, -0.2) is 27.4 Å². The number of carbonyl (C=O) groups is 2. The van der Waals surface area contributed by atoms with Crippen molar-refractivity contribution in [1.29, 1.82) is 0 Å². The summed E-state index contributed by atoms with van der Waals surface area (Å²) in [6.45, 7) is 0. The molecule has 5 heteroatoms. The van der Waals surface area contributed by atoms with Crippen LogP contribution in [0.25, 0.3) is 6.08 Å². The maximum absolute atomic E-state index is 12.8. The molecule has 0 fully saturated rings. The number of phenolic OH excluding ortho intramolecular Hbond substituents is 3. The Kier molecular flexibility index (Phi) is 3.62. The number of allylic oxidation sites excluding steroid dienone is 1. The van der Waals surface area contributed by atoms with Gasteiger partial charge in [0.05, 0.1) is 11.1 Å². The number of carbonyl (C=O) groups excluding carboxylic acids is 2. The second-order valence-electron chi connectivity index (χ2n) is 5.33. The third kappa shape index (κ3) is 2.36. The van der Waals surface area contributed by atoms with E-state index in [9.17, 15) is 24.9 Å². The molecule has 0 radical (unpaired) electrons. The number of fused-ring (bicyclic) bond motifs is 1. The summed E-state index contributed by atoms with van der Waals surface area (Å²) in [6.07, 6.45) is 5.84. The molecule has 23 heavy (non-hydrogen) atoms. The molecule has 0 aromatic heterocycles. The van der Waals surface area contributed by atoms with Crippen LogP contribution in [0.1, 0.15) is 43.8 Å². The molecule has 0 bridgehead atoms. The second-order valence-corrected chi connectivity index (χ2v) is 5.33. The van der Waals surface area contributed by atoms with Crippen molar-refractivity contribution in [3.05, 3.63) is 58.2 Å². The van der Waals surface area contributed by atoms with Gasteiger partial charge in [0.25, 0.3) is 0 Å². The van der Waals surface area contributed by atoms with E-state index in [1.54, 1.807) is 12.1 Å². The van der Waals surface area contributed by atoms with Gasteiger partial charge in [-0.25, -0.2) is 0 Å². The SMILES string of the molecule is O=Cc1cc(C(=O)c2cccc3c2C=CCC3)c(O)c(O)c1O. The van der Waals surface area contributed by atoms with Crippen LogP contribution in [0.15, 0.2) is 30.3 Å². The Balaban J connectivity index is 2.18. The molecule has 0 heterocycles. The van der Waals surface area contributed by atoms with E-state index in [2.05, 4.69) is 0 Å². The molecule has 0 saturated carbocycles.